The quantitative estimate of drug-likeness (QED) is 0.542. The standard InChI is InChI=1S/C24H26N2O5/c1-18(24(28)25-15-22-9-6-14-30-22)26(16-19-10-12-20(29-2)13-11-19)23(27)17-31-21-7-4-3-5-8-21/h3-14,18H,15-17H2,1-2H3,(H,25,28)/t18-/m1/s1. The van der Waals surface area contributed by atoms with Crippen LogP contribution in [0.15, 0.2) is 77.4 Å². The Morgan fingerprint density at radius 3 is 2.39 bits per heavy atom. The third kappa shape index (κ3) is 6.37. The van der Waals surface area contributed by atoms with Crippen molar-refractivity contribution in [3.63, 3.8) is 0 Å². The van der Waals surface area contributed by atoms with E-state index in [0.717, 1.165) is 11.3 Å². The van der Waals surface area contributed by atoms with E-state index in [0.29, 0.717) is 11.5 Å². The van der Waals surface area contributed by atoms with Crippen molar-refractivity contribution in [1.82, 2.24) is 10.2 Å². The first-order valence-electron chi connectivity index (χ1n) is 9.97. The molecule has 0 bridgehead atoms. The van der Waals surface area contributed by atoms with Gasteiger partial charge in [-0.05, 0) is 48.9 Å². The molecule has 0 unspecified atom stereocenters. The van der Waals surface area contributed by atoms with E-state index in [1.807, 2.05) is 42.5 Å². The summed E-state index contributed by atoms with van der Waals surface area (Å²) in [6.07, 6.45) is 1.55. The number of nitrogens with one attached hydrogen (secondary N) is 1. The van der Waals surface area contributed by atoms with E-state index in [9.17, 15) is 9.59 Å². The van der Waals surface area contributed by atoms with Gasteiger partial charge in [-0.25, -0.2) is 0 Å². The number of nitrogens with zero attached hydrogens (tertiary/aromatic N) is 1. The van der Waals surface area contributed by atoms with Gasteiger partial charge in [0.1, 0.15) is 23.3 Å². The first kappa shape index (κ1) is 22.0. The zero-order chi connectivity index (χ0) is 22.1. The lowest BCUT2D eigenvalue weighted by Crippen LogP contribution is -2.48. The van der Waals surface area contributed by atoms with Crippen LogP contribution in [0.3, 0.4) is 0 Å². The van der Waals surface area contributed by atoms with Crippen LogP contribution in [0.5, 0.6) is 11.5 Å². The van der Waals surface area contributed by atoms with Gasteiger partial charge < -0.3 is 24.1 Å². The van der Waals surface area contributed by atoms with Crippen LogP contribution in [0.1, 0.15) is 18.2 Å². The zero-order valence-electron chi connectivity index (χ0n) is 17.6. The highest BCUT2D eigenvalue weighted by Gasteiger charge is 2.26. The number of amides is 2. The first-order chi connectivity index (χ1) is 15.1. The van der Waals surface area contributed by atoms with Crippen molar-refractivity contribution in [2.45, 2.75) is 26.1 Å². The predicted octanol–water partition coefficient (Wildman–Crippen LogP) is 3.40. The number of methoxy groups -OCH3 is 1. The Bertz CT molecular complexity index is 955. The van der Waals surface area contributed by atoms with Crippen LogP contribution in [0, 0.1) is 0 Å². The SMILES string of the molecule is COc1ccc(CN(C(=O)COc2ccccc2)[C@H](C)C(=O)NCc2ccco2)cc1. The summed E-state index contributed by atoms with van der Waals surface area (Å²) in [6.45, 7) is 2.04. The third-order valence-electron chi connectivity index (χ3n) is 4.80. The summed E-state index contributed by atoms with van der Waals surface area (Å²) >= 11 is 0. The Morgan fingerprint density at radius 1 is 1.00 bits per heavy atom. The van der Waals surface area contributed by atoms with E-state index < -0.39 is 6.04 Å². The molecule has 162 valence electrons. The van der Waals surface area contributed by atoms with Gasteiger partial charge in [-0.3, -0.25) is 9.59 Å². The van der Waals surface area contributed by atoms with Crippen LogP contribution in [0.25, 0.3) is 0 Å². The fourth-order valence-electron chi connectivity index (χ4n) is 2.99. The minimum Gasteiger partial charge on any atom is -0.497 e. The van der Waals surface area contributed by atoms with E-state index in [-0.39, 0.29) is 31.5 Å². The van der Waals surface area contributed by atoms with E-state index in [4.69, 9.17) is 13.9 Å². The maximum Gasteiger partial charge on any atom is 0.261 e. The highest BCUT2D eigenvalue weighted by molar-refractivity contribution is 5.87. The molecule has 2 amide bonds. The summed E-state index contributed by atoms with van der Waals surface area (Å²) in [4.78, 5) is 27.2. The van der Waals surface area contributed by atoms with Crippen LogP contribution < -0.4 is 14.8 Å². The minimum atomic E-state index is -0.705. The smallest absolute Gasteiger partial charge is 0.261 e. The van der Waals surface area contributed by atoms with Crippen molar-refractivity contribution in [1.29, 1.82) is 0 Å². The Kier molecular flexibility index (Phi) is 7.70. The number of carbonyl (C=O) groups is 2. The van der Waals surface area contributed by atoms with Crippen LogP contribution in [0.4, 0.5) is 0 Å². The van der Waals surface area contributed by atoms with Crippen molar-refractivity contribution in [2.24, 2.45) is 0 Å². The van der Waals surface area contributed by atoms with Gasteiger partial charge in [-0.1, -0.05) is 30.3 Å². The largest absolute Gasteiger partial charge is 0.497 e. The lowest BCUT2D eigenvalue weighted by atomic mass is 10.1. The summed E-state index contributed by atoms with van der Waals surface area (Å²) in [5, 5.41) is 2.81. The van der Waals surface area contributed by atoms with Gasteiger partial charge in [-0.2, -0.15) is 0 Å². The maximum atomic E-state index is 13.0. The molecular weight excluding hydrogens is 396 g/mol. The number of para-hydroxylation sites is 1. The summed E-state index contributed by atoms with van der Waals surface area (Å²) in [5.74, 6) is 1.38. The van der Waals surface area contributed by atoms with Crippen molar-refractivity contribution in [2.75, 3.05) is 13.7 Å². The molecule has 7 heteroatoms. The fraction of sp³-hybridized carbons (Fsp3) is 0.250. The molecule has 1 N–H and O–H groups in total. The highest BCUT2D eigenvalue weighted by atomic mass is 16.5. The molecule has 1 heterocycles. The van der Waals surface area contributed by atoms with Crippen molar-refractivity contribution in [3.8, 4) is 11.5 Å². The number of hydrogen-bond donors (Lipinski definition) is 1. The molecule has 3 aromatic rings. The van der Waals surface area contributed by atoms with Crippen LogP contribution in [-0.2, 0) is 22.7 Å². The molecule has 7 nitrogen and oxygen atoms in total. The second kappa shape index (κ2) is 10.9. The Balaban J connectivity index is 1.69. The van der Waals surface area contributed by atoms with Gasteiger partial charge >= 0.3 is 0 Å². The van der Waals surface area contributed by atoms with Crippen molar-refractivity contribution in [3.05, 3.63) is 84.3 Å². The van der Waals surface area contributed by atoms with Crippen molar-refractivity contribution < 1.29 is 23.5 Å². The van der Waals surface area contributed by atoms with E-state index >= 15 is 0 Å². The Hall–Kier alpha value is -3.74. The van der Waals surface area contributed by atoms with Gasteiger partial charge in [0.05, 0.1) is 19.9 Å². The minimum absolute atomic E-state index is 0.171. The number of hydrogen-bond acceptors (Lipinski definition) is 5. The van der Waals surface area contributed by atoms with E-state index in [1.54, 1.807) is 44.6 Å². The molecule has 0 saturated heterocycles. The number of furan rings is 1. The molecule has 31 heavy (non-hydrogen) atoms. The molecule has 0 aliphatic carbocycles. The number of ether oxygens (including phenoxy) is 2. The van der Waals surface area contributed by atoms with Crippen molar-refractivity contribution >= 4 is 11.8 Å². The number of rotatable bonds is 10. The van der Waals surface area contributed by atoms with E-state index in [1.165, 1.54) is 4.90 Å². The molecule has 1 aromatic heterocycles. The number of benzene rings is 2. The van der Waals surface area contributed by atoms with Crippen LogP contribution in [-0.4, -0.2) is 36.5 Å². The van der Waals surface area contributed by atoms with Gasteiger partial charge in [0.25, 0.3) is 5.91 Å². The topological polar surface area (TPSA) is 81.0 Å². The maximum absolute atomic E-state index is 13.0. The van der Waals surface area contributed by atoms with Gasteiger partial charge in [-0.15, -0.1) is 0 Å². The van der Waals surface area contributed by atoms with E-state index in [2.05, 4.69) is 5.32 Å². The molecule has 0 aliphatic rings. The Morgan fingerprint density at radius 2 is 1.74 bits per heavy atom. The first-order valence-corrected chi connectivity index (χ1v) is 9.97. The van der Waals surface area contributed by atoms with Gasteiger partial charge in [0, 0.05) is 6.54 Å². The summed E-state index contributed by atoms with van der Waals surface area (Å²) in [6, 6.07) is 19.3. The molecular formula is C24H26N2O5. The number of carbonyl (C=O) groups excluding carboxylic acids is 2. The summed E-state index contributed by atoms with van der Waals surface area (Å²) < 4.78 is 16.1. The van der Waals surface area contributed by atoms with Crippen LogP contribution in [0.2, 0.25) is 0 Å². The average Bonchev–Trinajstić information content (AvgIpc) is 3.34. The lowest BCUT2D eigenvalue weighted by molar-refractivity contribution is -0.142. The molecule has 0 aliphatic heterocycles. The molecule has 2 aromatic carbocycles. The third-order valence-corrected chi connectivity index (χ3v) is 4.80. The summed E-state index contributed by atoms with van der Waals surface area (Å²) in [5.41, 5.74) is 0.875. The second-order valence-electron chi connectivity index (χ2n) is 6.94. The van der Waals surface area contributed by atoms with Gasteiger partial charge in [0.2, 0.25) is 5.91 Å². The van der Waals surface area contributed by atoms with Crippen LogP contribution >= 0.6 is 0 Å². The molecule has 0 saturated carbocycles. The molecule has 1 atom stereocenters. The molecule has 0 radical (unpaired) electrons. The molecule has 0 fully saturated rings. The lowest BCUT2D eigenvalue weighted by Gasteiger charge is -2.28. The second-order valence-corrected chi connectivity index (χ2v) is 6.94. The monoisotopic (exact) mass is 422 g/mol. The van der Waals surface area contributed by atoms with Gasteiger partial charge in [0.15, 0.2) is 6.61 Å². The molecule has 0 spiro atoms. The molecule has 3 rings (SSSR count). The highest BCUT2D eigenvalue weighted by Crippen LogP contribution is 2.16. The average molecular weight is 422 g/mol. The normalized spacial score (nSPS) is 11.4. The summed E-state index contributed by atoms with van der Waals surface area (Å²) in [7, 11) is 1.59. The zero-order valence-corrected chi connectivity index (χ0v) is 17.6. The predicted molar refractivity (Wildman–Crippen MR) is 115 cm³/mol. The Labute approximate surface area is 181 Å². The fourth-order valence-corrected chi connectivity index (χ4v) is 2.99.